The molecule has 1 aliphatic carbocycles. The Morgan fingerprint density at radius 3 is 1.84 bits per heavy atom. The number of ketones is 1. The van der Waals surface area contributed by atoms with Crippen molar-refractivity contribution in [2.24, 2.45) is 5.73 Å². The molecule has 0 heterocycles. The molecule has 0 aromatic heterocycles. The number of methoxy groups -OCH3 is 2. The molecule has 9 nitrogen and oxygen atoms in total. The average Bonchev–Trinajstić information content (AvgIpc) is 3.59. The Labute approximate surface area is 334 Å². The zero-order valence-electron chi connectivity index (χ0n) is 32.7. The third kappa shape index (κ3) is 9.70. The molecule has 0 spiro atoms. The monoisotopic (exact) mass is 763 g/mol. The fraction of sp³-hybridized carbons (Fsp3) is 0.208. The van der Waals surface area contributed by atoms with Gasteiger partial charge in [0.2, 0.25) is 0 Å². The molecule has 0 fully saturated rings. The number of rotatable bonds is 15. The van der Waals surface area contributed by atoms with Crippen molar-refractivity contribution in [3.05, 3.63) is 185 Å². The minimum Gasteiger partial charge on any atom is -0.497 e. The Kier molecular flexibility index (Phi) is 13.7. The Bertz CT molecular complexity index is 2200. The lowest BCUT2D eigenvalue weighted by Crippen LogP contribution is -2.31. The van der Waals surface area contributed by atoms with Crippen molar-refractivity contribution in [1.29, 1.82) is 0 Å². The van der Waals surface area contributed by atoms with Gasteiger partial charge >= 0.3 is 6.09 Å². The highest BCUT2D eigenvalue weighted by Gasteiger charge is 2.30. The van der Waals surface area contributed by atoms with Gasteiger partial charge in [-0.05, 0) is 77.2 Å². The molecule has 1 amide bonds. The Hall–Kier alpha value is -6.42. The van der Waals surface area contributed by atoms with Gasteiger partial charge in [-0.15, -0.1) is 0 Å². The number of fused-ring (bicyclic) bond motifs is 3. The summed E-state index contributed by atoms with van der Waals surface area (Å²) in [6.45, 7) is 2.27. The fourth-order valence-electron chi connectivity index (χ4n) is 7.18. The molecule has 0 aliphatic heterocycles. The maximum absolute atomic E-state index is 13.6. The average molecular weight is 764 g/mol. The highest BCUT2D eigenvalue weighted by Crippen LogP contribution is 2.44. The number of carbonyl (C=O) groups excluding carboxylic acids is 2. The van der Waals surface area contributed by atoms with E-state index in [2.05, 4.69) is 84.0 Å². The second kappa shape index (κ2) is 19.4. The van der Waals surface area contributed by atoms with Gasteiger partial charge in [0, 0.05) is 17.5 Å². The maximum atomic E-state index is 13.6. The summed E-state index contributed by atoms with van der Waals surface area (Å²) in [6, 6.07) is 46.8. The van der Waals surface area contributed by atoms with Crippen LogP contribution >= 0.6 is 0 Å². The quantitative estimate of drug-likeness (QED) is 0.0952. The summed E-state index contributed by atoms with van der Waals surface area (Å²) < 4.78 is 23.0. The van der Waals surface area contributed by atoms with Crippen molar-refractivity contribution >= 4 is 11.9 Å². The Morgan fingerprint density at radius 2 is 1.21 bits per heavy atom. The van der Waals surface area contributed by atoms with Crippen LogP contribution in [0.5, 0.6) is 17.2 Å². The van der Waals surface area contributed by atoms with E-state index in [0.717, 1.165) is 38.9 Å². The van der Waals surface area contributed by atoms with Crippen LogP contribution in [0.15, 0.2) is 146 Å². The van der Waals surface area contributed by atoms with E-state index in [-0.39, 0.29) is 37.5 Å². The van der Waals surface area contributed by atoms with Crippen molar-refractivity contribution in [3.63, 3.8) is 0 Å². The highest BCUT2D eigenvalue weighted by molar-refractivity contribution is 5.82. The van der Waals surface area contributed by atoms with Gasteiger partial charge in [0.15, 0.2) is 5.78 Å². The van der Waals surface area contributed by atoms with Crippen molar-refractivity contribution in [2.75, 3.05) is 41.0 Å². The molecule has 0 saturated heterocycles. The van der Waals surface area contributed by atoms with Crippen LogP contribution in [0.3, 0.4) is 0 Å². The molecule has 2 unspecified atom stereocenters. The molecule has 9 heteroatoms. The van der Waals surface area contributed by atoms with E-state index >= 15 is 0 Å². The van der Waals surface area contributed by atoms with Crippen LogP contribution in [-0.2, 0) is 9.53 Å². The first-order valence-corrected chi connectivity index (χ1v) is 18.9. The molecule has 6 aromatic rings. The third-order valence-corrected chi connectivity index (χ3v) is 10.0. The van der Waals surface area contributed by atoms with E-state index in [1.165, 1.54) is 12.6 Å². The number of Topliss-reactive ketones (excluding diaryl/α,β-unsaturated/α-hetero) is 1. The smallest absolute Gasteiger partial charge is 0.407 e. The predicted octanol–water partition coefficient (Wildman–Crippen LogP) is 8.54. The molecule has 57 heavy (non-hydrogen) atoms. The Balaban J connectivity index is 0.00000270. The largest absolute Gasteiger partial charge is 0.497 e. The standard InChI is InChI=1S/C47H44N2O6.CH5N/c1-31-17-19-33(20-18-31)45(32-11-5-4-6-12-32)48-28-35(50)29-54-36-23-21-34(22-24-36)46(42-26-25-37(52-2)27-44(42)53-3)49-47(51)55-30-43-40-15-9-7-13-38(40)39-14-8-10-16-41(39)43;1-2/h4-27,43,45-46,48H,28-30H2,1-3H3,(H,49,51);2H2,1H3. The van der Waals surface area contributed by atoms with Gasteiger partial charge in [-0.2, -0.15) is 0 Å². The molecule has 0 radical (unpaired) electrons. The van der Waals surface area contributed by atoms with Gasteiger partial charge in [0.1, 0.15) is 30.5 Å². The number of aryl methyl sites for hydroxylation is 1. The van der Waals surface area contributed by atoms with E-state index < -0.39 is 12.1 Å². The topological polar surface area (TPSA) is 121 Å². The molecule has 0 saturated carbocycles. The van der Waals surface area contributed by atoms with Crippen LogP contribution in [0.1, 0.15) is 56.9 Å². The molecule has 1 aliphatic rings. The molecule has 7 rings (SSSR count). The van der Waals surface area contributed by atoms with Crippen LogP contribution in [0, 0.1) is 6.92 Å². The number of hydrogen-bond acceptors (Lipinski definition) is 8. The summed E-state index contributed by atoms with van der Waals surface area (Å²) in [6.07, 6.45) is -0.567. The van der Waals surface area contributed by atoms with Gasteiger partial charge in [0.05, 0.1) is 32.8 Å². The minimum absolute atomic E-state index is 0.0757. The van der Waals surface area contributed by atoms with Crippen molar-refractivity contribution in [2.45, 2.75) is 24.9 Å². The summed E-state index contributed by atoms with van der Waals surface area (Å²) in [7, 11) is 4.67. The van der Waals surface area contributed by atoms with Gasteiger partial charge < -0.3 is 30.0 Å². The van der Waals surface area contributed by atoms with Gasteiger partial charge in [-0.25, -0.2) is 4.79 Å². The predicted molar refractivity (Wildman–Crippen MR) is 224 cm³/mol. The summed E-state index contributed by atoms with van der Waals surface area (Å²) in [5, 5.41) is 6.50. The van der Waals surface area contributed by atoms with E-state index in [9.17, 15) is 9.59 Å². The second-order valence-corrected chi connectivity index (χ2v) is 13.5. The van der Waals surface area contributed by atoms with Crippen LogP contribution in [0.4, 0.5) is 4.79 Å². The zero-order chi connectivity index (χ0) is 40.1. The van der Waals surface area contributed by atoms with Gasteiger partial charge in [-0.1, -0.05) is 121 Å². The maximum Gasteiger partial charge on any atom is 0.407 e. The van der Waals surface area contributed by atoms with Crippen LogP contribution in [0.25, 0.3) is 11.1 Å². The summed E-state index contributed by atoms with van der Waals surface area (Å²) in [5.41, 5.74) is 13.9. The lowest BCUT2D eigenvalue weighted by molar-refractivity contribution is -0.120. The molecular formula is C48H49N3O6. The van der Waals surface area contributed by atoms with E-state index in [4.69, 9.17) is 18.9 Å². The number of ether oxygens (including phenoxy) is 4. The zero-order valence-corrected chi connectivity index (χ0v) is 32.7. The van der Waals surface area contributed by atoms with Gasteiger partial charge in [-0.3, -0.25) is 10.1 Å². The first-order chi connectivity index (χ1) is 27.9. The molecular weight excluding hydrogens is 715 g/mol. The summed E-state index contributed by atoms with van der Waals surface area (Å²) >= 11 is 0. The van der Waals surface area contributed by atoms with Crippen molar-refractivity contribution < 1.29 is 28.5 Å². The lowest BCUT2D eigenvalue weighted by atomic mass is 9.97. The van der Waals surface area contributed by atoms with E-state index in [1.54, 1.807) is 32.4 Å². The lowest BCUT2D eigenvalue weighted by Gasteiger charge is -2.23. The number of alkyl carbamates (subject to hydrolysis) is 1. The molecule has 4 N–H and O–H groups in total. The number of nitrogens with one attached hydrogen (secondary N) is 2. The molecule has 0 bridgehead atoms. The Morgan fingerprint density at radius 1 is 0.649 bits per heavy atom. The fourth-order valence-corrected chi connectivity index (χ4v) is 7.18. The third-order valence-electron chi connectivity index (χ3n) is 10.0. The first kappa shape index (κ1) is 40.2. The summed E-state index contributed by atoms with van der Waals surface area (Å²) in [4.78, 5) is 26.6. The number of carbonyl (C=O) groups is 2. The molecule has 6 aromatic carbocycles. The number of amides is 1. The number of hydrogen-bond donors (Lipinski definition) is 3. The first-order valence-electron chi connectivity index (χ1n) is 18.9. The normalized spacial score (nSPS) is 12.5. The molecule has 2 atom stereocenters. The van der Waals surface area contributed by atoms with Gasteiger partial charge in [0.25, 0.3) is 0 Å². The van der Waals surface area contributed by atoms with Crippen LogP contribution in [0.2, 0.25) is 0 Å². The minimum atomic E-state index is -0.631. The van der Waals surface area contributed by atoms with E-state index in [0.29, 0.717) is 22.8 Å². The van der Waals surface area contributed by atoms with Crippen LogP contribution in [-0.4, -0.2) is 52.9 Å². The summed E-state index contributed by atoms with van der Waals surface area (Å²) in [5.74, 6) is 1.53. The SMILES string of the molecule is CN.COc1ccc(C(NC(=O)OCC2c3ccccc3-c3ccccc32)c2ccc(OCC(=O)CNC(c3ccccc3)c3ccc(C)cc3)cc2)c(OC)c1. The number of nitrogens with two attached hydrogens (primary N) is 1. The molecule has 292 valence electrons. The highest BCUT2D eigenvalue weighted by atomic mass is 16.5. The van der Waals surface area contributed by atoms with Crippen molar-refractivity contribution in [3.8, 4) is 28.4 Å². The van der Waals surface area contributed by atoms with Crippen LogP contribution < -0.4 is 30.6 Å². The number of benzene rings is 6. The van der Waals surface area contributed by atoms with Crippen molar-refractivity contribution in [1.82, 2.24) is 10.6 Å². The van der Waals surface area contributed by atoms with E-state index in [1.807, 2.05) is 66.7 Å². The second-order valence-electron chi connectivity index (χ2n) is 13.5.